The molecule has 0 saturated carbocycles. The molecule has 1 aliphatic rings. The lowest BCUT2D eigenvalue weighted by Gasteiger charge is -2.32. The number of carbonyl (C=O) groups is 1. The Morgan fingerprint density at radius 2 is 2.07 bits per heavy atom. The fraction of sp³-hybridized carbons (Fsp3) is 0.737. The number of hydrogen-bond acceptors (Lipinski definition) is 5. The maximum absolute atomic E-state index is 11.5. The zero-order valence-electron chi connectivity index (χ0n) is 18.3. The van der Waals surface area contributed by atoms with Gasteiger partial charge in [0.05, 0.1) is 25.3 Å². The topological polar surface area (TPSA) is 89.8 Å². The van der Waals surface area contributed by atoms with Gasteiger partial charge in [0, 0.05) is 51.5 Å². The molecule has 1 fully saturated rings. The van der Waals surface area contributed by atoms with Crippen LogP contribution in [-0.2, 0) is 11.8 Å². The van der Waals surface area contributed by atoms with Gasteiger partial charge in [-0.15, -0.1) is 24.0 Å². The molecule has 10 heteroatoms. The van der Waals surface area contributed by atoms with Crippen LogP contribution in [0.3, 0.4) is 0 Å². The lowest BCUT2D eigenvalue weighted by molar-refractivity contribution is -0.122. The van der Waals surface area contributed by atoms with Gasteiger partial charge in [0.15, 0.2) is 5.96 Å². The molecule has 3 N–H and O–H groups in total. The summed E-state index contributed by atoms with van der Waals surface area (Å²) >= 11 is 0. The number of likely N-dealkylation sites (N-methyl/N-ethyl adjacent to an activating group) is 2. The van der Waals surface area contributed by atoms with E-state index in [2.05, 4.69) is 51.9 Å². The number of rotatable bonds is 8. The standard InChI is InChI=1S/C19H36N8O.HI/c1-6-21-19(22-12-17(25(3)4)15-11-23-26(5)13-15)24-16-7-9-27(10-8-16)14-18(28)20-2;/h11,13,16-17H,6-10,12,14H2,1-5H3,(H,20,28)(H2,21,22,24);1H. The first-order valence-electron chi connectivity index (χ1n) is 10.1. The maximum Gasteiger partial charge on any atom is 0.233 e. The highest BCUT2D eigenvalue weighted by Gasteiger charge is 2.22. The van der Waals surface area contributed by atoms with Crippen LogP contribution in [0.5, 0.6) is 0 Å². The average molecular weight is 520 g/mol. The van der Waals surface area contributed by atoms with Crippen molar-refractivity contribution in [3.8, 4) is 0 Å². The molecule has 1 saturated heterocycles. The summed E-state index contributed by atoms with van der Waals surface area (Å²) < 4.78 is 1.82. The van der Waals surface area contributed by atoms with Crippen LogP contribution in [0.2, 0.25) is 0 Å². The second kappa shape index (κ2) is 13.0. The fourth-order valence-electron chi connectivity index (χ4n) is 3.39. The highest BCUT2D eigenvalue weighted by atomic mass is 127. The van der Waals surface area contributed by atoms with Crippen molar-refractivity contribution in [3.63, 3.8) is 0 Å². The van der Waals surface area contributed by atoms with E-state index in [9.17, 15) is 4.79 Å². The molecule has 1 aromatic heterocycles. The number of amides is 1. The Bertz CT molecular complexity index is 640. The Hall–Kier alpha value is -1.40. The SMILES string of the molecule is CCNC(=NCC(c1cnn(C)c1)N(C)C)NC1CCN(CC(=O)NC)CC1.I. The number of likely N-dealkylation sites (tertiary alicyclic amines) is 1. The number of hydrogen-bond donors (Lipinski definition) is 3. The van der Waals surface area contributed by atoms with Gasteiger partial charge in [0.25, 0.3) is 0 Å². The van der Waals surface area contributed by atoms with Crippen LogP contribution in [-0.4, -0.2) is 91.4 Å². The first-order valence-corrected chi connectivity index (χ1v) is 10.1. The first kappa shape index (κ1) is 25.6. The monoisotopic (exact) mass is 520 g/mol. The molecule has 0 aromatic carbocycles. The van der Waals surface area contributed by atoms with Gasteiger partial charge >= 0.3 is 0 Å². The van der Waals surface area contributed by atoms with Crippen LogP contribution in [0.25, 0.3) is 0 Å². The number of nitrogens with zero attached hydrogens (tertiary/aromatic N) is 5. The summed E-state index contributed by atoms with van der Waals surface area (Å²) in [6.45, 7) is 5.87. The summed E-state index contributed by atoms with van der Waals surface area (Å²) in [6.07, 6.45) is 5.95. The number of piperidine rings is 1. The quantitative estimate of drug-likeness (QED) is 0.262. The number of carbonyl (C=O) groups excluding carboxylic acids is 1. The van der Waals surface area contributed by atoms with Crippen LogP contribution in [0.15, 0.2) is 17.4 Å². The molecule has 1 unspecified atom stereocenters. The van der Waals surface area contributed by atoms with E-state index in [0.717, 1.165) is 44.0 Å². The summed E-state index contributed by atoms with van der Waals surface area (Å²) in [7, 11) is 7.75. The minimum atomic E-state index is 0. The predicted octanol–water partition coefficient (Wildman–Crippen LogP) is 0.406. The normalized spacial score (nSPS) is 17.0. The van der Waals surface area contributed by atoms with E-state index in [4.69, 9.17) is 4.99 Å². The van der Waals surface area contributed by atoms with E-state index in [0.29, 0.717) is 19.1 Å². The van der Waals surface area contributed by atoms with E-state index in [1.165, 1.54) is 0 Å². The van der Waals surface area contributed by atoms with E-state index < -0.39 is 0 Å². The Labute approximate surface area is 191 Å². The lowest BCUT2D eigenvalue weighted by atomic mass is 10.1. The predicted molar refractivity (Wildman–Crippen MR) is 128 cm³/mol. The van der Waals surface area contributed by atoms with Crippen LogP contribution in [0.1, 0.15) is 31.4 Å². The van der Waals surface area contributed by atoms with Gasteiger partial charge in [-0.2, -0.15) is 5.10 Å². The molecule has 2 rings (SSSR count). The van der Waals surface area contributed by atoms with Crippen molar-refractivity contribution in [3.05, 3.63) is 18.0 Å². The van der Waals surface area contributed by atoms with Crippen molar-refractivity contribution < 1.29 is 4.79 Å². The molecule has 0 spiro atoms. The highest BCUT2D eigenvalue weighted by Crippen LogP contribution is 2.17. The minimum absolute atomic E-state index is 0. The summed E-state index contributed by atoms with van der Waals surface area (Å²) in [5.74, 6) is 0.925. The summed E-state index contributed by atoms with van der Waals surface area (Å²) in [5, 5.41) is 13.9. The highest BCUT2D eigenvalue weighted by molar-refractivity contribution is 14.0. The first-order chi connectivity index (χ1) is 13.4. The minimum Gasteiger partial charge on any atom is -0.358 e. The second-order valence-corrected chi connectivity index (χ2v) is 7.51. The van der Waals surface area contributed by atoms with Gasteiger partial charge in [-0.05, 0) is 33.9 Å². The molecule has 2 heterocycles. The zero-order valence-corrected chi connectivity index (χ0v) is 20.6. The number of nitrogens with one attached hydrogen (secondary N) is 3. The molecule has 1 amide bonds. The molecular weight excluding hydrogens is 483 g/mol. The smallest absolute Gasteiger partial charge is 0.233 e. The van der Waals surface area contributed by atoms with Crippen molar-refractivity contribution in [1.29, 1.82) is 0 Å². The average Bonchev–Trinajstić information content (AvgIpc) is 3.09. The van der Waals surface area contributed by atoms with Crippen molar-refractivity contribution in [2.45, 2.75) is 31.8 Å². The Morgan fingerprint density at radius 3 is 2.59 bits per heavy atom. The van der Waals surface area contributed by atoms with Crippen LogP contribution < -0.4 is 16.0 Å². The third-order valence-electron chi connectivity index (χ3n) is 5.07. The fourth-order valence-corrected chi connectivity index (χ4v) is 3.39. The third kappa shape index (κ3) is 8.47. The van der Waals surface area contributed by atoms with Gasteiger partial charge in [-0.3, -0.25) is 19.4 Å². The van der Waals surface area contributed by atoms with Gasteiger partial charge in [0.1, 0.15) is 0 Å². The van der Waals surface area contributed by atoms with Crippen molar-refractivity contribution in [1.82, 2.24) is 35.5 Å². The molecule has 9 nitrogen and oxygen atoms in total. The van der Waals surface area contributed by atoms with Crippen LogP contribution in [0, 0.1) is 0 Å². The Balaban J connectivity index is 0.00000420. The van der Waals surface area contributed by atoms with E-state index in [1.54, 1.807) is 7.05 Å². The molecular formula is C19H37IN8O. The Morgan fingerprint density at radius 1 is 1.38 bits per heavy atom. The molecule has 0 bridgehead atoms. The maximum atomic E-state index is 11.5. The lowest BCUT2D eigenvalue weighted by Crippen LogP contribution is -2.50. The van der Waals surface area contributed by atoms with E-state index in [-0.39, 0.29) is 35.9 Å². The number of guanidine groups is 1. The van der Waals surface area contributed by atoms with Gasteiger partial charge in [-0.1, -0.05) is 0 Å². The number of aromatic nitrogens is 2. The summed E-state index contributed by atoms with van der Waals surface area (Å²) in [6, 6.07) is 0.550. The Kier molecular flexibility index (Phi) is 11.5. The third-order valence-corrected chi connectivity index (χ3v) is 5.07. The van der Waals surface area contributed by atoms with Gasteiger partial charge in [0.2, 0.25) is 5.91 Å². The molecule has 29 heavy (non-hydrogen) atoms. The van der Waals surface area contributed by atoms with Gasteiger partial charge in [-0.25, -0.2) is 0 Å². The van der Waals surface area contributed by atoms with E-state index >= 15 is 0 Å². The zero-order chi connectivity index (χ0) is 20.5. The summed E-state index contributed by atoms with van der Waals surface area (Å²) in [5.41, 5.74) is 1.16. The number of aryl methyl sites for hydroxylation is 1. The van der Waals surface area contributed by atoms with Gasteiger partial charge < -0.3 is 20.9 Å². The molecule has 1 aromatic rings. The number of halogens is 1. The molecule has 0 aliphatic carbocycles. The molecule has 1 atom stereocenters. The second-order valence-electron chi connectivity index (χ2n) is 7.51. The molecule has 1 aliphatic heterocycles. The van der Waals surface area contributed by atoms with Crippen molar-refractivity contribution >= 4 is 35.8 Å². The van der Waals surface area contributed by atoms with Crippen LogP contribution >= 0.6 is 24.0 Å². The summed E-state index contributed by atoms with van der Waals surface area (Å²) in [4.78, 5) is 20.7. The molecule has 166 valence electrons. The van der Waals surface area contributed by atoms with Crippen molar-refractivity contribution in [2.75, 3.05) is 53.9 Å². The van der Waals surface area contributed by atoms with E-state index in [1.807, 2.05) is 24.1 Å². The van der Waals surface area contributed by atoms with Crippen molar-refractivity contribution in [2.24, 2.45) is 12.0 Å². The molecule has 0 radical (unpaired) electrons. The largest absolute Gasteiger partial charge is 0.358 e. The van der Waals surface area contributed by atoms with Crippen LogP contribution in [0.4, 0.5) is 0 Å². The number of aliphatic imine (C=N–C) groups is 1.